The number of rotatable bonds is 12. The third kappa shape index (κ3) is 10.8. The number of halogens is 3. The van der Waals surface area contributed by atoms with Crippen LogP contribution < -0.4 is 4.90 Å². The normalized spacial score (nSPS) is 15.8. The number of amides is 3. The summed E-state index contributed by atoms with van der Waals surface area (Å²) >= 11 is 0. The molecular formula is C43H45F3N6O5. The standard InChI is InChI=1S/C43H45F3N6O5/c1-32(53)48-25-27-49(28-26-48)38-16-9-36(10-17-38)31-51(41(54)20-13-33-7-14-37(15-8-33)43(44,45)46)40(29-34-5-3-2-4-6-34)42(55)50-23-21-47(22-24-50)30-35-11-18-39(19-12-35)52(56)57/h2-20,40H,21-31H2,1H3/b20-13+/t40-/m0/s1. The number of piperazine rings is 2. The molecule has 0 spiro atoms. The number of anilines is 1. The van der Waals surface area contributed by atoms with Crippen molar-refractivity contribution in [2.24, 2.45) is 0 Å². The molecule has 57 heavy (non-hydrogen) atoms. The summed E-state index contributed by atoms with van der Waals surface area (Å²) in [5, 5.41) is 11.1. The summed E-state index contributed by atoms with van der Waals surface area (Å²) in [6.45, 7) is 6.79. The summed E-state index contributed by atoms with van der Waals surface area (Å²) in [5.41, 5.74) is 3.17. The summed E-state index contributed by atoms with van der Waals surface area (Å²) in [6.07, 6.45) is -1.49. The zero-order chi connectivity index (χ0) is 40.5. The first-order valence-electron chi connectivity index (χ1n) is 18.9. The Labute approximate surface area is 329 Å². The van der Waals surface area contributed by atoms with Gasteiger partial charge < -0.3 is 19.6 Å². The van der Waals surface area contributed by atoms with Crippen LogP contribution in [-0.2, 0) is 40.1 Å². The second kappa shape index (κ2) is 18.3. The lowest BCUT2D eigenvalue weighted by atomic mass is 10.0. The molecule has 0 unspecified atom stereocenters. The van der Waals surface area contributed by atoms with Crippen molar-refractivity contribution >= 4 is 35.2 Å². The van der Waals surface area contributed by atoms with Crippen LogP contribution in [0.2, 0.25) is 0 Å². The summed E-state index contributed by atoms with van der Waals surface area (Å²) in [5.74, 6) is -0.638. The third-order valence-electron chi connectivity index (χ3n) is 10.5. The Bertz CT molecular complexity index is 2030. The number of carbonyl (C=O) groups excluding carboxylic acids is 3. The Balaban J connectivity index is 1.24. The van der Waals surface area contributed by atoms with Crippen LogP contribution in [-0.4, -0.2) is 101 Å². The number of carbonyl (C=O) groups is 3. The summed E-state index contributed by atoms with van der Waals surface area (Å²) in [6, 6.07) is 27.3. The molecule has 11 nitrogen and oxygen atoms in total. The number of hydrogen-bond donors (Lipinski definition) is 0. The monoisotopic (exact) mass is 782 g/mol. The Morgan fingerprint density at radius 3 is 1.93 bits per heavy atom. The van der Waals surface area contributed by atoms with Gasteiger partial charge in [0, 0.05) is 103 Å². The van der Waals surface area contributed by atoms with Gasteiger partial charge in [0.1, 0.15) is 6.04 Å². The molecule has 3 amide bonds. The molecule has 0 radical (unpaired) electrons. The predicted octanol–water partition coefficient (Wildman–Crippen LogP) is 6.28. The average Bonchev–Trinajstić information content (AvgIpc) is 3.22. The molecule has 0 aliphatic carbocycles. The second-order valence-corrected chi connectivity index (χ2v) is 14.3. The van der Waals surface area contributed by atoms with Crippen LogP contribution in [0.1, 0.15) is 34.7 Å². The van der Waals surface area contributed by atoms with Crippen molar-refractivity contribution in [1.29, 1.82) is 0 Å². The highest BCUT2D eigenvalue weighted by molar-refractivity contribution is 5.96. The lowest BCUT2D eigenvalue weighted by Crippen LogP contribution is -2.56. The molecule has 4 aromatic rings. The van der Waals surface area contributed by atoms with E-state index in [9.17, 15) is 37.7 Å². The van der Waals surface area contributed by atoms with E-state index in [0.717, 1.165) is 34.5 Å². The molecule has 6 rings (SSSR count). The largest absolute Gasteiger partial charge is 0.416 e. The molecule has 0 saturated carbocycles. The summed E-state index contributed by atoms with van der Waals surface area (Å²) in [7, 11) is 0. The number of benzene rings is 4. The van der Waals surface area contributed by atoms with E-state index in [2.05, 4.69) is 9.80 Å². The highest BCUT2D eigenvalue weighted by Gasteiger charge is 2.34. The van der Waals surface area contributed by atoms with Gasteiger partial charge >= 0.3 is 6.18 Å². The molecule has 4 aromatic carbocycles. The van der Waals surface area contributed by atoms with Gasteiger partial charge in [0.25, 0.3) is 5.69 Å². The van der Waals surface area contributed by atoms with E-state index < -0.39 is 28.6 Å². The molecule has 2 aliphatic heterocycles. The van der Waals surface area contributed by atoms with Crippen LogP contribution in [0.15, 0.2) is 109 Å². The smallest absolute Gasteiger partial charge is 0.368 e. The van der Waals surface area contributed by atoms with E-state index in [1.807, 2.05) is 59.5 Å². The lowest BCUT2D eigenvalue weighted by molar-refractivity contribution is -0.384. The maximum atomic E-state index is 14.6. The molecular weight excluding hydrogens is 738 g/mol. The van der Waals surface area contributed by atoms with Crippen molar-refractivity contribution < 1.29 is 32.5 Å². The van der Waals surface area contributed by atoms with Crippen LogP contribution in [0.4, 0.5) is 24.5 Å². The Kier molecular flexibility index (Phi) is 13.0. The fraction of sp³-hybridized carbons (Fsp3) is 0.326. The SMILES string of the molecule is CC(=O)N1CCN(c2ccc(CN(C(=O)/C=C/c3ccc(C(F)(F)F)cc3)[C@@H](Cc3ccccc3)C(=O)N3CCN(Cc4ccc([N+](=O)[O-])cc4)CC3)cc2)CC1. The van der Waals surface area contributed by atoms with Gasteiger partial charge in [-0.05, 0) is 52.6 Å². The first kappa shape index (κ1) is 40.6. The van der Waals surface area contributed by atoms with Gasteiger partial charge in [0.2, 0.25) is 17.7 Å². The van der Waals surface area contributed by atoms with Crippen molar-refractivity contribution in [3.63, 3.8) is 0 Å². The maximum absolute atomic E-state index is 14.6. The number of nitro benzene ring substituents is 1. The molecule has 298 valence electrons. The van der Waals surface area contributed by atoms with Crippen molar-refractivity contribution in [2.45, 2.75) is 38.7 Å². The molecule has 14 heteroatoms. The second-order valence-electron chi connectivity index (χ2n) is 14.3. The minimum absolute atomic E-state index is 0.0204. The number of non-ortho nitro benzene ring substituents is 1. The molecule has 0 N–H and O–H groups in total. The number of nitrogens with zero attached hydrogens (tertiary/aromatic N) is 6. The van der Waals surface area contributed by atoms with E-state index in [-0.39, 0.29) is 30.5 Å². The Morgan fingerprint density at radius 2 is 1.35 bits per heavy atom. The summed E-state index contributed by atoms with van der Waals surface area (Å²) < 4.78 is 39.7. The van der Waals surface area contributed by atoms with E-state index in [1.54, 1.807) is 28.9 Å². The Morgan fingerprint density at radius 1 is 0.754 bits per heavy atom. The maximum Gasteiger partial charge on any atom is 0.416 e. The zero-order valence-corrected chi connectivity index (χ0v) is 31.7. The van der Waals surface area contributed by atoms with E-state index in [0.29, 0.717) is 64.5 Å². The van der Waals surface area contributed by atoms with Crippen molar-refractivity contribution in [3.8, 4) is 0 Å². The van der Waals surface area contributed by atoms with Crippen LogP contribution in [0, 0.1) is 10.1 Å². The van der Waals surface area contributed by atoms with Crippen LogP contribution in [0.25, 0.3) is 6.08 Å². The minimum Gasteiger partial charge on any atom is -0.368 e. The van der Waals surface area contributed by atoms with Gasteiger partial charge in [-0.2, -0.15) is 13.2 Å². The minimum atomic E-state index is -4.49. The number of nitro groups is 1. The summed E-state index contributed by atoms with van der Waals surface area (Å²) in [4.78, 5) is 60.9. The molecule has 2 aliphatic rings. The zero-order valence-electron chi connectivity index (χ0n) is 31.7. The van der Waals surface area contributed by atoms with Gasteiger partial charge in [-0.25, -0.2) is 0 Å². The van der Waals surface area contributed by atoms with Gasteiger partial charge in [-0.15, -0.1) is 0 Å². The van der Waals surface area contributed by atoms with Crippen molar-refractivity contribution in [2.75, 3.05) is 57.3 Å². The van der Waals surface area contributed by atoms with Crippen molar-refractivity contribution in [3.05, 3.63) is 147 Å². The van der Waals surface area contributed by atoms with E-state index in [1.165, 1.54) is 36.4 Å². The number of alkyl halides is 3. The van der Waals surface area contributed by atoms with Crippen LogP contribution in [0.3, 0.4) is 0 Å². The first-order valence-corrected chi connectivity index (χ1v) is 18.9. The molecule has 0 aromatic heterocycles. The quantitative estimate of drug-likeness (QED) is 0.0946. The Hall–Kier alpha value is -6.02. The number of hydrogen-bond acceptors (Lipinski definition) is 7. The fourth-order valence-corrected chi connectivity index (χ4v) is 7.16. The van der Waals surface area contributed by atoms with Gasteiger partial charge in [-0.3, -0.25) is 29.4 Å². The van der Waals surface area contributed by atoms with Gasteiger partial charge in [0.15, 0.2) is 0 Å². The highest BCUT2D eigenvalue weighted by atomic mass is 19.4. The molecule has 2 saturated heterocycles. The van der Waals surface area contributed by atoms with E-state index >= 15 is 0 Å². The third-order valence-corrected chi connectivity index (χ3v) is 10.5. The molecule has 2 fully saturated rings. The first-order chi connectivity index (χ1) is 27.3. The van der Waals surface area contributed by atoms with Crippen molar-refractivity contribution in [1.82, 2.24) is 19.6 Å². The fourth-order valence-electron chi connectivity index (χ4n) is 7.16. The average molecular weight is 783 g/mol. The van der Waals surface area contributed by atoms with Crippen LogP contribution in [0.5, 0.6) is 0 Å². The van der Waals surface area contributed by atoms with Gasteiger partial charge in [0.05, 0.1) is 10.5 Å². The van der Waals surface area contributed by atoms with Crippen LogP contribution >= 0.6 is 0 Å². The predicted molar refractivity (Wildman–Crippen MR) is 211 cm³/mol. The lowest BCUT2D eigenvalue weighted by Gasteiger charge is -2.39. The highest BCUT2D eigenvalue weighted by Crippen LogP contribution is 2.29. The molecule has 2 heterocycles. The van der Waals surface area contributed by atoms with E-state index in [4.69, 9.17) is 0 Å². The topological polar surface area (TPSA) is 111 Å². The molecule has 0 bridgehead atoms. The molecule has 1 atom stereocenters. The van der Waals surface area contributed by atoms with Gasteiger partial charge in [-0.1, -0.05) is 66.7 Å².